The van der Waals surface area contributed by atoms with E-state index in [1.54, 1.807) is 0 Å². The fraction of sp³-hybridized carbons (Fsp3) is 0.290. The summed E-state index contributed by atoms with van der Waals surface area (Å²) in [5.74, 6) is 0.0732. The van der Waals surface area contributed by atoms with Gasteiger partial charge >= 0.3 is 0 Å². The van der Waals surface area contributed by atoms with Gasteiger partial charge in [0.15, 0.2) is 0 Å². The van der Waals surface area contributed by atoms with Gasteiger partial charge in [0.25, 0.3) is 5.91 Å². The lowest BCUT2D eigenvalue weighted by Crippen LogP contribution is -2.48. The highest BCUT2D eigenvalue weighted by molar-refractivity contribution is 6.31. The Kier molecular flexibility index (Phi) is 7.73. The van der Waals surface area contributed by atoms with Gasteiger partial charge in [0, 0.05) is 48.9 Å². The molecule has 6 heteroatoms. The number of hydrogen-bond acceptors (Lipinski definition) is 3. The normalized spacial score (nSPS) is 16.1. The molecular weight excluding hydrogens is 482 g/mol. The van der Waals surface area contributed by atoms with Crippen LogP contribution >= 0.6 is 11.6 Å². The number of carbonyl (C=O) groups is 2. The molecule has 3 aromatic carbocycles. The minimum Gasteiger partial charge on any atom is -0.340 e. The van der Waals surface area contributed by atoms with Crippen molar-refractivity contribution in [1.29, 1.82) is 0 Å². The number of anilines is 1. The Morgan fingerprint density at radius 3 is 2.24 bits per heavy atom. The molecule has 2 aliphatic heterocycles. The lowest BCUT2D eigenvalue weighted by molar-refractivity contribution is -0.131. The molecule has 3 aromatic rings. The first-order valence-electron chi connectivity index (χ1n) is 13.0. The maximum absolute atomic E-state index is 13.7. The summed E-state index contributed by atoms with van der Waals surface area (Å²) in [4.78, 5) is 33.0. The number of halogens is 1. The van der Waals surface area contributed by atoms with E-state index in [-0.39, 0.29) is 11.8 Å². The Labute approximate surface area is 223 Å². The third kappa shape index (κ3) is 5.63. The Morgan fingerprint density at radius 1 is 0.838 bits per heavy atom. The van der Waals surface area contributed by atoms with Crippen molar-refractivity contribution in [3.05, 3.63) is 95.0 Å². The van der Waals surface area contributed by atoms with Gasteiger partial charge in [-0.05, 0) is 60.0 Å². The number of rotatable bonds is 5. The number of benzene rings is 3. The summed E-state index contributed by atoms with van der Waals surface area (Å²) in [6.45, 7) is 7.04. The maximum atomic E-state index is 13.7. The molecule has 190 valence electrons. The molecule has 1 fully saturated rings. The zero-order chi connectivity index (χ0) is 25.8. The van der Waals surface area contributed by atoms with Crippen molar-refractivity contribution in [2.24, 2.45) is 0 Å². The van der Waals surface area contributed by atoms with Crippen molar-refractivity contribution in [3.63, 3.8) is 0 Å². The van der Waals surface area contributed by atoms with Gasteiger partial charge < -0.3 is 14.7 Å². The molecular formula is C31H32ClN3O2. The van der Waals surface area contributed by atoms with Crippen LogP contribution in [-0.4, -0.2) is 60.9 Å². The number of fused-ring (bicyclic) bond motifs is 1. The third-order valence-corrected chi connectivity index (χ3v) is 7.57. The van der Waals surface area contributed by atoms with E-state index in [4.69, 9.17) is 11.6 Å². The van der Waals surface area contributed by atoms with Crippen LogP contribution in [0.25, 0.3) is 16.7 Å². The first kappa shape index (κ1) is 25.2. The molecule has 0 aliphatic carbocycles. The zero-order valence-electron chi connectivity index (χ0n) is 21.2. The van der Waals surface area contributed by atoms with Gasteiger partial charge in [-0.15, -0.1) is 0 Å². The number of carbonyl (C=O) groups excluding carboxylic acids is 2. The van der Waals surface area contributed by atoms with E-state index in [1.165, 1.54) is 0 Å². The molecule has 2 amide bonds. The van der Waals surface area contributed by atoms with Gasteiger partial charge in [0.05, 0.1) is 12.1 Å². The summed E-state index contributed by atoms with van der Waals surface area (Å²) in [6.07, 6.45) is 3.08. The second-order valence-corrected chi connectivity index (χ2v) is 10.0. The maximum Gasteiger partial charge on any atom is 0.258 e. The van der Waals surface area contributed by atoms with Crippen molar-refractivity contribution in [3.8, 4) is 11.1 Å². The molecule has 0 bridgehead atoms. The highest BCUT2D eigenvalue weighted by Gasteiger charge is 2.27. The van der Waals surface area contributed by atoms with E-state index < -0.39 is 0 Å². The van der Waals surface area contributed by atoms with E-state index in [0.717, 1.165) is 60.7 Å². The van der Waals surface area contributed by atoms with Crippen LogP contribution in [0.4, 0.5) is 5.69 Å². The molecule has 0 aromatic heterocycles. The van der Waals surface area contributed by atoms with Gasteiger partial charge in [0.2, 0.25) is 5.91 Å². The van der Waals surface area contributed by atoms with Crippen molar-refractivity contribution in [2.75, 3.05) is 44.2 Å². The quantitative estimate of drug-likeness (QED) is 0.420. The van der Waals surface area contributed by atoms with Crippen molar-refractivity contribution in [1.82, 2.24) is 9.80 Å². The summed E-state index contributed by atoms with van der Waals surface area (Å²) in [6, 6.07) is 23.5. The second-order valence-electron chi connectivity index (χ2n) is 9.57. The molecule has 0 unspecified atom stereocenters. The Bertz CT molecular complexity index is 1300. The van der Waals surface area contributed by atoms with Gasteiger partial charge in [-0.1, -0.05) is 67.1 Å². The van der Waals surface area contributed by atoms with E-state index >= 15 is 0 Å². The van der Waals surface area contributed by atoms with E-state index in [9.17, 15) is 9.59 Å². The molecule has 0 saturated carbocycles. The topological polar surface area (TPSA) is 43.9 Å². The van der Waals surface area contributed by atoms with Crippen LogP contribution in [-0.2, 0) is 4.79 Å². The van der Waals surface area contributed by atoms with Crippen molar-refractivity contribution in [2.45, 2.75) is 19.8 Å². The summed E-state index contributed by atoms with van der Waals surface area (Å²) < 4.78 is 0. The van der Waals surface area contributed by atoms with E-state index in [2.05, 4.69) is 30.0 Å². The Balaban J connectivity index is 1.37. The number of amides is 2. The van der Waals surface area contributed by atoms with Crippen LogP contribution in [0.2, 0.25) is 5.02 Å². The molecule has 0 N–H and O–H groups in total. The minimum atomic E-state index is -0.0557. The van der Waals surface area contributed by atoms with Crippen LogP contribution in [0.3, 0.4) is 0 Å². The molecule has 0 spiro atoms. The van der Waals surface area contributed by atoms with Crippen molar-refractivity contribution >= 4 is 34.7 Å². The van der Waals surface area contributed by atoms with Crippen LogP contribution in [0.1, 0.15) is 35.7 Å². The fourth-order valence-electron chi connectivity index (χ4n) is 5.16. The highest BCUT2D eigenvalue weighted by Crippen LogP contribution is 2.36. The molecule has 5 rings (SSSR count). The average Bonchev–Trinajstić information content (AvgIpc) is 3.12. The van der Waals surface area contributed by atoms with Crippen LogP contribution in [0.15, 0.2) is 78.9 Å². The molecule has 2 heterocycles. The van der Waals surface area contributed by atoms with E-state index in [1.807, 2.05) is 70.5 Å². The standard InChI is InChI=1S/C31H32ClN3O2/c1-2-33-17-19-34(20-18-33)30(36)21-26-9-6-16-35(29-15-14-27(32)22-28(26)29)31(37)25-12-10-24(11-13-25)23-7-4-3-5-8-23/h3-5,7-15,22H,2,6,16-21H2,1H3. The predicted molar refractivity (Wildman–Crippen MR) is 151 cm³/mol. The summed E-state index contributed by atoms with van der Waals surface area (Å²) in [5.41, 5.74) is 5.42. The highest BCUT2D eigenvalue weighted by atomic mass is 35.5. The number of nitrogens with zero attached hydrogens (tertiary/aromatic N) is 3. The summed E-state index contributed by atoms with van der Waals surface area (Å²) in [7, 11) is 0. The van der Waals surface area contributed by atoms with Crippen LogP contribution in [0, 0.1) is 0 Å². The average molecular weight is 514 g/mol. The second kappa shape index (κ2) is 11.3. The minimum absolute atomic E-state index is 0.0557. The fourth-order valence-corrected chi connectivity index (χ4v) is 5.33. The first-order valence-corrected chi connectivity index (χ1v) is 13.4. The SMILES string of the molecule is CCN1CCN(C(=O)CC2=CCCN(C(=O)c3ccc(-c4ccccc4)cc3)c3ccc(Cl)cc32)CC1. The van der Waals surface area contributed by atoms with Crippen LogP contribution in [0.5, 0.6) is 0 Å². The smallest absolute Gasteiger partial charge is 0.258 e. The lowest BCUT2D eigenvalue weighted by Gasteiger charge is -2.34. The Morgan fingerprint density at radius 2 is 1.54 bits per heavy atom. The molecule has 37 heavy (non-hydrogen) atoms. The monoisotopic (exact) mass is 513 g/mol. The van der Waals surface area contributed by atoms with Gasteiger partial charge in [-0.2, -0.15) is 0 Å². The molecule has 2 aliphatic rings. The number of likely N-dealkylation sites (N-methyl/N-ethyl adjacent to an activating group) is 1. The summed E-state index contributed by atoms with van der Waals surface area (Å²) >= 11 is 6.40. The van der Waals surface area contributed by atoms with Gasteiger partial charge in [-0.25, -0.2) is 0 Å². The lowest BCUT2D eigenvalue weighted by atomic mass is 9.99. The molecule has 1 saturated heterocycles. The third-order valence-electron chi connectivity index (χ3n) is 7.34. The van der Waals surface area contributed by atoms with Gasteiger partial charge in [-0.3, -0.25) is 9.59 Å². The number of hydrogen-bond donors (Lipinski definition) is 0. The number of piperazine rings is 1. The van der Waals surface area contributed by atoms with Gasteiger partial charge in [0.1, 0.15) is 0 Å². The molecule has 0 atom stereocenters. The molecule has 0 radical (unpaired) electrons. The Hall–Kier alpha value is -3.41. The first-order chi connectivity index (χ1) is 18.0. The molecule has 5 nitrogen and oxygen atoms in total. The van der Waals surface area contributed by atoms with E-state index in [0.29, 0.717) is 30.0 Å². The van der Waals surface area contributed by atoms with Crippen molar-refractivity contribution < 1.29 is 9.59 Å². The summed E-state index contributed by atoms with van der Waals surface area (Å²) in [5, 5.41) is 0.593. The predicted octanol–water partition coefficient (Wildman–Crippen LogP) is 6.00. The zero-order valence-corrected chi connectivity index (χ0v) is 22.0. The largest absolute Gasteiger partial charge is 0.340 e. The van der Waals surface area contributed by atoms with Crippen LogP contribution < -0.4 is 4.90 Å².